The van der Waals surface area contributed by atoms with Crippen LogP contribution >= 0.6 is 11.5 Å². The zero-order chi connectivity index (χ0) is 13.8. The van der Waals surface area contributed by atoms with Crippen molar-refractivity contribution in [3.8, 4) is 0 Å². The first-order valence-electron chi connectivity index (χ1n) is 6.08. The molecule has 6 nitrogen and oxygen atoms in total. The molecule has 1 N–H and O–H groups in total. The van der Waals surface area contributed by atoms with Crippen molar-refractivity contribution in [3.05, 3.63) is 23.7 Å². The summed E-state index contributed by atoms with van der Waals surface area (Å²) in [4.78, 5) is 11.9. The number of hydrogen-bond donors (Lipinski definition) is 1. The Hall–Kier alpha value is -1.89. The zero-order valence-corrected chi connectivity index (χ0v) is 12.0. The van der Waals surface area contributed by atoms with Gasteiger partial charge in [0.2, 0.25) is 0 Å². The average molecular weight is 280 g/mol. The lowest BCUT2D eigenvalue weighted by molar-refractivity contribution is 0.0527. The summed E-state index contributed by atoms with van der Waals surface area (Å²) >= 11 is 1.24. The molecule has 102 valence electrons. The summed E-state index contributed by atoms with van der Waals surface area (Å²) < 4.78 is 11.0. The van der Waals surface area contributed by atoms with Crippen LogP contribution in [0.5, 0.6) is 0 Å². The second kappa shape index (κ2) is 5.83. The number of hydrogen-bond acceptors (Lipinski definition) is 6. The Bertz CT molecular complexity index is 576. The summed E-state index contributed by atoms with van der Waals surface area (Å²) in [6.07, 6.45) is 3.59. The minimum atomic E-state index is -0.348. The van der Waals surface area contributed by atoms with Gasteiger partial charge in [-0.2, -0.15) is 9.47 Å². The normalized spacial score (nSPS) is 10.5. The van der Waals surface area contributed by atoms with E-state index in [1.807, 2.05) is 13.1 Å². The molecule has 0 atom stereocenters. The molecule has 2 rings (SSSR count). The van der Waals surface area contributed by atoms with Crippen molar-refractivity contribution in [2.75, 3.05) is 11.9 Å². The van der Waals surface area contributed by atoms with Gasteiger partial charge in [0.15, 0.2) is 0 Å². The van der Waals surface area contributed by atoms with Crippen LogP contribution in [0.3, 0.4) is 0 Å². The van der Waals surface area contributed by atoms with Gasteiger partial charge in [-0.25, -0.2) is 4.79 Å². The number of rotatable bonds is 5. The van der Waals surface area contributed by atoms with Crippen molar-refractivity contribution in [1.82, 2.24) is 14.2 Å². The number of nitrogens with one attached hydrogen (secondary N) is 1. The Balaban J connectivity index is 2.23. The first-order chi connectivity index (χ1) is 9.15. The van der Waals surface area contributed by atoms with Gasteiger partial charge in [-0.15, -0.1) is 0 Å². The maximum absolute atomic E-state index is 11.9. The third-order valence-electron chi connectivity index (χ3n) is 2.56. The monoisotopic (exact) mass is 280 g/mol. The molecule has 0 saturated heterocycles. The smallest absolute Gasteiger partial charge is 0.343 e. The maximum atomic E-state index is 11.9. The lowest BCUT2D eigenvalue weighted by Gasteiger charge is -2.04. The molecule has 0 unspecified atom stereocenters. The van der Waals surface area contributed by atoms with Crippen molar-refractivity contribution < 1.29 is 9.53 Å². The van der Waals surface area contributed by atoms with E-state index in [1.54, 1.807) is 24.7 Å². The summed E-state index contributed by atoms with van der Waals surface area (Å²) in [7, 11) is 0. The van der Waals surface area contributed by atoms with Crippen molar-refractivity contribution >= 4 is 28.2 Å². The Morgan fingerprint density at radius 3 is 2.95 bits per heavy atom. The van der Waals surface area contributed by atoms with Gasteiger partial charge >= 0.3 is 5.97 Å². The first-order valence-corrected chi connectivity index (χ1v) is 6.85. The van der Waals surface area contributed by atoms with Crippen LogP contribution in [0.1, 0.15) is 29.9 Å². The molecule has 0 aliphatic carbocycles. The summed E-state index contributed by atoms with van der Waals surface area (Å²) in [5, 5.41) is 8.02. The molecule has 0 fully saturated rings. The molecule has 0 aliphatic rings. The summed E-state index contributed by atoms with van der Waals surface area (Å²) in [5.74, 6) is -0.348. The van der Waals surface area contributed by atoms with Crippen LogP contribution < -0.4 is 5.32 Å². The van der Waals surface area contributed by atoms with E-state index in [2.05, 4.69) is 14.8 Å². The number of aryl methyl sites for hydroxylation is 2. The van der Waals surface area contributed by atoms with Crippen LogP contribution in [-0.2, 0) is 11.3 Å². The average Bonchev–Trinajstić information content (AvgIpc) is 2.97. The highest BCUT2D eigenvalue weighted by atomic mass is 32.1. The fraction of sp³-hybridized carbons (Fsp3) is 0.417. The molecular formula is C12H16N4O2S. The standard InChI is InChI=1S/C12H16N4O2S/c1-4-16-7-9(6-13-16)14-11-10(8(3)15-19-11)12(17)18-5-2/h6-7,14H,4-5H2,1-3H3. The molecule has 0 amide bonds. The number of aromatic nitrogens is 3. The van der Waals surface area contributed by atoms with E-state index in [9.17, 15) is 4.79 Å². The summed E-state index contributed by atoms with van der Waals surface area (Å²) in [6, 6.07) is 0. The molecule has 19 heavy (non-hydrogen) atoms. The van der Waals surface area contributed by atoms with E-state index in [0.29, 0.717) is 22.9 Å². The number of nitrogens with zero attached hydrogens (tertiary/aromatic N) is 3. The fourth-order valence-electron chi connectivity index (χ4n) is 1.63. The first kappa shape index (κ1) is 13.5. The number of anilines is 2. The van der Waals surface area contributed by atoms with E-state index in [-0.39, 0.29) is 5.97 Å². The molecule has 0 bridgehead atoms. The van der Waals surface area contributed by atoms with E-state index in [4.69, 9.17) is 4.74 Å². The van der Waals surface area contributed by atoms with E-state index < -0.39 is 0 Å². The number of carbonyl (C=O) groups is 1. The van der Waals surface area contributed by atoms with Crippen LogP contribution in [0, 0.1) is 6.92 Å². The third-order valence-corrected chi connectivity index (χ3v) is 3.41. The maximum Gasteiger partial charge on any atom is 0.343 e. The van der Waals surface area contributed by atoms with Crippen molar-refractivity contribution in [2.24, 2.45) is 0 Å². The largest absolute Gasteiger partial charge is 0.462 e. The number of ether oxygens (including phenoxy) is 1. The van der Waals surface area contributed by atoms with Gasteiger partial charge in [-0.05, 0) is 32.3 Å². The molecule has 2 aromatic heterocycles. The van der Waals surface area contributed by atoms with Crippen LogP contribution in [0.2, 0.25) is 0 Å². The van der Waals surface area contributed by atoms with Gasteiger partial charge in [0, 0.05) is 12.7 Å². The van der Waals surface area contributed by atoms with E-state index >= 15 is 0 Å². The van der Waals surface area contributed by atoms with Gasteiger partial charge in [0.25, 0.3) is 0 Å². The Kier molecular flexibility index (Phi) is 4.16. The predicted molar refractivity (Wildman–Crippen MR) is 74.0 cm³/mol. The SMILES string of the molecule is CCOC(=O)c1c(C)nsc1Nc1cnn(CC)c1. The molecule has 0 radical (unpaired) electrons. The van der Waals surface area contributed by atoms with Crippen LogP contribution in [0.4, 0.5) is 10.7 Å². The second-order valence-corrected chi connectivity index (χ2v) is 4.68. The minimum Gasteiger partial charge on any atom is -0.462 e. The highest BCUT2D eigenvalue weighted by Gasteiger charge is 2.19. The lowest BCUT2D eigenvalue weighted by Crippen LogP contribution is -2.07. The lowest BCUT2D eigenvalue weighted by atomic mass is 10.2. The molecule has 0 aromatic carbocycles. The van der Waals surface area contributed by atoms with Gasteiger partial charge in [-0.1, -0.05) is 0 Å². The molecule has 0 spiro atoms. The predicted octanol–water partition coefficient (Wildman–Crippen LogP) is 2.59. The Morgan fingerprint density at radius 2 is 2.32 bits per heavy atom. The molecule has 0 aliphatic heterocycles. The number of esters is 1. The van der Waals surface area contributed by atoms with Crippen LogP contribution in [0.15, 0.2) is 12.4 Å². The molecule has 0 saturated carbocycles. The van der Waals surface area contributed by atoms with Crippen molar-refractivity contribution in [1.29, 1.82) is 0 Å². The van der Waals surface area contributed by atoms with E-state index in [1.165, 1.54) is 11.5 Å². The van der Waals surface area contributed by atoms with E-state index in [0.717, 1.165) is 12.2 Å². The fourth-order valence-corrected chi connectivity index (χ4v) is 2.44. The van der Waals surface area contributed by atoms with Crippen LogP contribution in [-0.4, -0.2) is 26.7 Å². The van der Waals surface area contributed by atoms with Crippen molar-refractivity contribution in [3.63, 3.8) is 0 Å². The number of carbonyl (C=O) groups excluding carboxylic acids is 1. The van der Waals surface area contributed by atoms with Gasteiger partial charge < -0.3 is 10.1 Å². The van der Waals surface area contributed by atoms with Crippen molar-refractivity contribution in [2.45, 2.75) is 27.3 Å². The Morgan fingerprint density at radius 1 is 1.53 bits per heavy atom. The Labute approximate surface area is 115 Å². The molecule has 2 heterocycles. The zero-order valence-electron chi connectivity index (χ0n) is 11.1. The van der Waals surface area contributed by atoms with Gasteiger partial charge in [0.1, 0.15) is 10.6 Å². The summed E-state index contributed by atoms with van der Waals surface area (Å²) in [6.45, 7) is 6.74. The third kappa shape index (κ3) is 2.93. The highest BCUT2D eigenvalue weighted by molar-refractivity contribution is 7.10. The van der Waals surface area contributed by atoms with Gasteiger partial charge in [0.05, 0.1) is 24.2 Å². The molecule has 7 heteroatoms. The molecule has 2 aromatic rings. The highest BCUT2D eigenvalue weighted by Crippen LogP contribution is 2.28. The quantitative estimate of drug-likeness (QED) is 0.852. The second-order valence-electron chi connectivity index (χ2n) is 3.90. The van der Waals surface area contributed by atoms with Crippen LogP contribution in [0.25, 0.3) is 0 Å². The molecular weight excluding hydrogens is 264 g/mol. The van der Waals surface area contributed by atoms with Gasteiger partial charge in [-0.3, -0.25) is 4.68 Å². The topological polar surface area (TPSA) is 69.0 Å². The summed E-state index contributed by atoms with van der Waals surface area (Å²) in [5.41, 5.74) is 2.00. The minimum absolute atomic E-state index is 0.348.